The van der Waals surface area contributed by atoms with Gasteiger partial charge >= 0.3 is 6.03 Å². The van der Waals surface area contributed by atoms with E-state index >= 15 is 0 Å². The average Bonchev–Trinajstić information content (AvgIpc) is 2.33. The number of carbonyl (C=O) groups excluding carboxylic acids is 2. The van der Waals surface area contributed by atoms with E-state index in [9.17, 15) is 9.59 Å². The van der Waals surface area contributed by atoms with Crippen LogP contribution in [0.4, 0.5) is 4.79 Å². The number of nitrogens with one attached hydrogen (secondary N) is 1. The molecule has 0 saturated carbocycles. The summed E-state index contributed by atoms with van der Waals surface area (Å²) in [5, 5.41) is 2.02. The van der Waals surface area contributed by atoms with Crippen molar-refractivity contribution in [1.29, 1.82) is 0 Å². The van der Waals surface area contributed by atoms with Gasteiger partial charge in [0.2, 0.25) is 0 Å². The summed E-state index contributed by atoms with van der Waals surface area (Å²) < 4.78 is 0.556. The first-order valence-corrected chi connectivity index (χ1v) is 3.86. The number of aliphatic imine (C=N–C) groups is 2. The van der Waals surface area contributed by atoms with Crippen molar-refractivity contribution in [3.05, 3.63) is 10.7 Å². The molecule has 1 N–H and O–H groups in total. The molecule has 3 amide bonds. The number of carbonyl (C=O) groups is 2. The molecule has 0 saturated heterocycles. The highest BCUT2D eigenvalue weighted by atomic mass is 79.9. The van der Waals surface area contributed by atoms with E-state index in [2.05, 4.69) is 25.9 Å². The highest BCUT2D eigenvalue weighted by Crippen LogP contribution is 2.17. The molecule has 6 heteroatoms. The molecule has 0 spiro atoms. The lowest BCUT2D eigenvalue weighted by molar-refractivity contribution is -0.113. The summed E-state index contributed by atoms with van der Waals surface area (Å²) in [5.41, 5.74) is 0.491. The molecule has 2 rings (SSSR count). The van der Waals surface area contributed by atoms with Gasteiger partial charge in [0.15, 0.2) is 5.71 Å². The van der Waals surface area contributed by atoms with Gasteiger partial charge < -0.3 is 0 Å². The quantitative estimate of drug-likeness (QED) is 0.650. The third-order valence-electron chi connectivity index (χ3n) is 1.41. The molecule has 0 bridgehead atoms. The van der Waals surface area contributed by atoms with Crippen LogP contribution in [0.1, 0.15) is 0 Å². The SMILES string of the molecule is O=C1N=C2C(Br)=CN=C2C(=O)N1. The smallest absolute Gasteiger partial charge is 0.271 e. The van der Waals surface area contributed by atoms with Crippen LogP contribution in [0.5, 0.6) is 0 Å². The number of rotatable bonds is 0. The maximum Gasteiger partial charge on any atom is 0.348 e. The number of nitrogens with zero attached hydrogens (tertiary/aromatic N) is 2. The number of hydrogen-bond acceptors (Lipinski definition) is 3. The predicted molar refractivity (Wildman–Crippen MR) is 45.4 cm³/mol. The Kier molecular flexibility index (Phi) is 1.44. The topological polar surface area (TPSA) is 70.9 Å². The van der Waals surface area contributed by atoms with E-state index < -0.39 is 11.9 Å². The molecule has 60 valence electrons. The second-order valence-corrected chi connectivity index (χ2v) is 3.03. The van der Waals surface area contributed by atoms with Gasteiger partial charge in [0.25, 0.3) is 5.91 Å². The third kappa shape index (κ3) is 0.918. The van der Waals surface area contributed by atoms with Gasteiger partial charge in [0.05, 0.1) is 4.48 Å². The van der Waals surface area contributed by atoms with Gasteiger partial charge in [-0.2, -0.15) is 4.99 Å². The molecule has 0 aromatic carbocycles. The fourth-order valence-corrected chi connectivity index (χ4v) is 1.29. The van der Waals surface area contributed by atoms with Crippen molar-refractivity contribution in [2.45, 2.75) is 0 Å². The average molecular weight is 228 g/mol. The van der Waals surface area contributed by atoms with Crippen LogP contribution in [-0.4, -0.2) is 23.4 Å². The van der Waals surface area contributed by atoms with E-state index in [0.29, 0.717) is 10.2 Å². The summed E-state index contributed by atoms with van der Waals surface area (Å²) in [6.07, 6.45) is 1.44. The summed E-state index contributed by atoms with van der Waals surface area (Å²) in [7, 11) is 0. The molecule has 0 radical (unpaired) electrons. The van der Waals surface area contributed by atoms with Gasteiger partial charge in [0.1, 0.15) is 5.71 Å². The first-order chi connectivity index (χ1) is 5.68. The lowest BCUT2D eigenvalue weighted by atomic mass is 10.2. The van der Waals surface area contributed by atoms with Gasteiger partial charge in [-0.1, -0.05) is 0 Å². The van der Waals surface area contributed by atoms with E-state index in [4.69, 9.17) is 0 Å². The fraction of sp³-hybridized carbons (Fsp3) is 0. The number of allylic oxidation sites excluding steroid dienone is 1. The van der Waals surface area contributed by atoms with Crippen LogP contribution in [-0.2, 0) is 4.79 Å². The van der Waals surface area contributed by atoms with Crippen molar-refractivity contribution in [3.8, 4) is 0 Å². The summed E-state index contributed by atoms with van der Waals surface area (Å²) in [6.45, 7) is 0. The second-order valence-electron chi connectivity index (χ2n) is 2.17. The minimum absolute atomic E-state index is 0.182. The van der Waals surface area contributed by atoms with Crippen LogP contribution in [0.15, 0.2) is 20.7 Å². The third-order valence-corrected chi connectivity index (χ3v) is 1.99. The first-order valence-electron chi connectivity index (χ1n) is 3.06. The van der Waals surface area contributed by atoms with E-state index in [1.54, 1.807) is 0 Å². The van der Waals surface area contributed by atoms with Crippen LogP contribution >= 0.6 is 15.9 Å². The molecular formula is C6H2BrN3O2. The molecule has 0 unspecified atom stereocenters. The molecule has 2 heterocycles. The normalized spacial score (nSPS) is 20.9. The highest BCUT2D eigenvalue weighted by Gasteiger charge is 2.30. The largest absolute Gasteiger partial charge is 0.348 e. The lowest BCUT2D eigenvalue weighted by Crippen LogP contribution is -2.42. The first kappa shape index (κ1) is 7.35. The van der Waals surface area contributed by atoms with Crippen molar-refractivity contribution in [2.75, 3.05) is 0 Å². The summed E-state index contributed by atoms with van der Waals surface area (Å²) >= 11 is 3.12. The maximum atomic E-state index is 11.0. The van der Waals surface area contributed by atoms with Crippen molar-refractivity contribution in [2.24, 2.45) is 9.98 Å². The van der Waals surface area contributed by atoms with Crippen LogP contribution in [0.25, 0.3) is 0 Å². The van der Waals surface area contributed by atoms with E-state index in [1.165, 1.54) is 6.20 Å². The monoisotopic (exact) mass is 227 g/mol. The summed E-state index contributed by atoms with van der Waals surface area (Å²) in [4.78, 5) is 29.1. The van der Waals surface area contributed by atoms with Crippen molar-refractivity contribution in [3.63, 3.8) is 0 Å². The Bertz CT molecular complexity index is 380. The molecule has 0 aromatic rings. The molecule has 2 aliphatic heterocycles. The number of halogens is 1. The van der Waals surface area contributed by atoms with Gasteiger partial charge in [0, 0.05) is 6.20 Å². The zero-order chi connectivity index (χ0) is 8.72. The van der Waals surface area contributed by atoms with Crippen LogP contribution in [0.2, 0.25) is 0 Å². The Morgan fingerprint density at radius 1 is 1.33 bits per heavy atom. The van der Waals surface area contributed by atoms with Gasteiger partial charge in [-0.15, -0.1) is 0 Å². The summed E-state index contributed by atoms with van der Waals surface area (Å²) in [6, 6.07) is -0.652. The van der Waals surface area contributed by atoms with Crippen molar-refractivity contribution >= 4 is 39.3 Å². The molecule has 0 fully saturated rings. The van der Waals surface area contributed by atoms with E-state index in [-0.39, 0.29) is 5.71 Å². The minimum atomic E-state index is -0.652. The Balaban J connectivity index is 2.53. The Morgan fingerprint density at radius 3 is 2.83 bits per heavy atom. The highest BCUT2D eigenvalue weighted by molar-refractivity contribution is 9.12. The standard InChI is InChI=1S/C6H2BrN3O2/c7-2-1-8-4-3(2)9-6(12)10-5(4)11/h1H,(H,10,11,12). The lowest BCUT2D eigenvalue weighted by Gasteiger charge is -2.08. The number of amides is 3. The Labute approximate surface area is 75.4 Å². The van der Waals surface area contributed by atoms with E-state index in [1.807, 2.05) is 5.32 Å². The molecule has 2 aliphatic rings. The summed E-state index contributed by atoms with van der Waals surface area (Å²) in [5.74, 6) is -0.504. The van der Waals surface area contributed by atoms with Gasteiger partial charge in [-0.25, -0.2) is 9.79 Å². The number of hydrogen-bond donors (Lipinski definition) is 1. The second kappa shape index (κ2) is 2.34. The Hall–Kier alpha value is -1.30. The van der Waals surface area contributed by atoms with Crippen molar-refractivity contribution < 1.29 is 9.59 Å². The molecule has 12 heavy (non-hydrogen) atoms. The number of fused-ring (bicyclic) bond motifs is 1. The van der Waals surface area contributed by atoms with Gasteiger partial charge in [-0.3, -0.25) is 10.1 Å². The van der Waals surface area contributed by atoms with Crippen LogP contribution in [0, 0.1) is 0 Å². The van der Waals surface area contributed by atoms with Crippen LogP contribution in [0.3, 0.4) is 0 Å². The van der Waals surface area contributed by atoms with E-state index in [0.717, 1.165) is 0 Å². The molecular weight excluding hydrogens is 226 g/mol. The molecule has 0 aromatic heterocycles. The van der Waals surface area contributed by atoms with Crippen LogP contribution < -0.4 is 5.32 Å². The fourth-order valence-electron chi connectivity index (χ4n) is 0.915. The molecule has 0 atom stereocenters. The number of urea groups is 1. The number of imide groups is 1. The molecule has 5 nitrogen and oxygen atoms in total. The van der Waals surface area contributed by atoms with Gasteiger partial charge in [-0.05, 0) is 15.9 Å². The minimum Gasteiger partial charge on any atom is -0.271 e. The zero-order valence-electron chi connectivity index (χ0n) is 5.67. The van der Waals surface area contributed by atoms with Crippen molar-refractivity contribution in [1.82, 2.24) is 5.32 Å². The predicted octanol–water partition coefficient (Wildman–Crippen LogP) is 0.368. The Morgan fingerprint density at radius 2 is 2.08 bits per heavy atom. The zero-order valence-corrected chi connectivity index (χ0v) is 7.25. The maximum absolute atomic E-state index is 11.0. The molecule has 0 aliphatic carbocycles.